The van der Waals surface area contributed by atoms with E-state index in [9.17, 15) is 4.79 Å². The van der Waals surface area contributed by atoms with E-state index in [1.54, 1.807) is 12.1 Å². The lowest BCUT2D eigenvalue weighted by molar-refractivity contribution is 0.0940. The maximum atomic E-state index is 11.6. The van der Waals surface area contributed by atoms with Crippen molar-refractivity contribution in [1.82, 2.24) is 5.32 Å². The lowest BCUT2D eigenvalue weighted by Gasteiger charge is -2.09. The summed E-state index contributed by atoms with van der Waals surface area (Å²) in [6.07, 6.45) is 0. The highest BCUT2D eigenvalue weighted by Gasteiger charge is 2.09. The van der Waals surface area contributed by atoms with Crippen LogP contribution in [0.4, 0.5) is 0 Å². The Morgan fingerprint density at radius 1 is 1.50 bits per heavy atom. The summed E-state index contributed by atoms with van der Waals surface area (Å²) in [7, 11) is 0. The van der Waals surface area contributed by atoms with Gasteiger partial charge >= 0.3 is 0 Å². The van der Waals surface area contributed by atoms with Crippen LogP contribution in [0.2, 0.25) is 0 Å². The molecule has 0 atom stereocenters. The van der Waals surface area contributed by atoms with Crippen LogP contribution in [0, 0.1) is 0 Å². The molecular weight excluding hydrogens is 262 g/mol. The van der Waals surface area contributed by atoms with Gasteiger partial charge in [-0.2, -0.15) is 0 Å². The molecule has 4 heteroatoms. The van der Waals surface area contributed by atoms with Crippen molar-refractivity contribution in [1.29, 1.82) is 0 Å². The first-order chi connectivity index (χ1) is 6.50. The van der Waals surface area contributed by atoms with Gasteiger partial charge in [-0.1, -0.05) is 15.9 Å². The summed E-state index contributed by atoms with van der Waals surface area (Å²) in [5.41, 5.74) is 0.602. The van der Waals surface area contributed by atoms with Gasteiger partial charge in [-0.15, -0.1) is 12.6 Å². The third-order valence-corrected chi connectivity index (χ3v) is 2.49. The normalized spacial score (nSPS) is 10.4. The predicted octanol–water partition coefficient (Wildman–Crippen LogP) is 2.88. The number of rotatable bonds is 2. The minimum atomic E-state index is -0.0856. The number of halogens is 1. The zero-order valence-electron chi connectivity index (χ0n) is 8.04. The molecule has 2 nitrogen and oxygen atoms in total. The Morgan fingerprint density at radius 2 is 2.14 bits per heavy atom. The lowest BCUT2D eigenvalue weighted by Crippen LogP contribution is -2.30. The van der Waals surface area contributed by atoms with Crippen LogP contribution < -0.4 is 5.32 Å². The molecule has 0 aliphatic carbocycles. The van der Waals surface area contributed by atoms with Gasteiger partial charge in [-0.3, -0.25) is 4.79 Å². The van der Waals surface area contributed by atoms with Gasteiger partial charge in [-0.25, -0.2) is 0 Å². The number of hydrogen-bond donors (Lipinski definition) is 2. The second-order valence-electron chi connectivity index (χ2n) is 3.29. The van der Waals surface area contributed by atoms with Crippen molar-refractivity contribution in [2.75, 3.05) is 0 Å². The fraction of sp³-hybridized carbons (Fsp3) is 0.300. The van der Waals surface area contributed by atoms with Gasteiger partial charge < -0.3 is 5.32 Å². The van der Waals surface area contributed by atoms with Gasteiger partial charge in [-0.05, 0) is 32.0 Å². The zero-order valence-corrected chi connectivity index (χ0v) is 10.5. The summed E-state index contributed by atoms with van der Waals surface area (Å²) in [6.45, 7) is 3.85. The molecule has 76 valence electrons. The molecule has 1 N–H and O–H groups in total. The average molecular weight is 274 g/mol. The molecule has 0 saturated heterocycles. The quantitative estimate of drug-likeness (QED) is 0.798. The highest BCUT2D eigenvalue weighted by Crippen LogP contribution is 2.19. The third kappa shape index (κ3) is 3.03. The second kappa shape index (κ2) is 4.84. The number of carbonyl (C=O) groups is 1. The Bertz CT molecular complexity index is 352. The van der Waals surface area contributed by atoms with Crippen molar-refractivity contribution in [3.05, 3.63) is 28.2 Å². The molecule has 0 fully saturated rings. The maximum Gasteiger partial charge on any atom is 0.252 e. The SMILES string of the molecule is CC(C)NC(=O)c1ccc(Br)cc1S. The first kappa shape index (κ1) is 11.6. The molecular formula is C10H12BrNOS. The molecule has 0 unspecified atom stereocenters. The van der Waals surface area contributed by atoms with Crippen molar-refractivity contribution < 1.29 is 4.79 Å². The number of thiol groups is 1. The standard InChI is InChI=1S/C10H12BrNOS/c1-6(2)12-10(13)8-4-3-7(11)5-9(8)14/h3-6,14H,1-2H3,(H,12,13). The Hall–Kier alpha value is -0.480. The summed E-state index contributed by atoms with van der Waals surface area (Å²) in [5, 5.41) is 2.82. The van der Waals surface area contributed by atoms with Crippen molar-refractivity contribution in [3.8, 4) is 0 Å². The van der Waals surface area contributed by atoms with Crippen molar-refractivity contribution in [2.45, 2.75) is 24.8 Å². The molecule has 1 rings (SSSR count). The Labute approximate surface area is 97.6 Å². The van der Waals surface area contributed by atoms with Gasteiger partial charge in [0, 0.05) is 15.4 Å². The zero-order chi connectivity index (χ0) is 10.7. The van der Waals surface area contributed by atoms with Gasteiger partial charge in [0.15, 0.2) is 0 Å². The maximum absolute atomic E-state index is 11.6. The van der Waals surface area contributed by atoms with Gasteiger partial charge in [0.2, 0.25) is 0 Å². The van der Waals surface area contributed by atoms with Crippen LogP contribution in [0.5, 0.6) is 0 Å². The van der Waals surface area contributed by atoms with Crippen LogP contribution >= 0.6 is 28.6 Å². The number of nitrogens with one attached hydrogen (secondary N) is 1. The van der Waals surface area contributed by atoms with E-state index < -0.39 is 0 Å². The molecule has 1 amide bonds. The van der Waals surface area contributed by atoms with Gasteiger partial charge in [0.1, 0.15) is 0 Å². The Kier molecular flexibility index (Phi) is 4.01. The predicted molar refractivity (Wildman–Crippen MR) is 64.0 cm³/mol. The highest BCUT2D eigenvalue weighted by molar-refractivity contribution is 9.10. The molecule has 1 aromatic carbocycles. The van der Waals surface area contributed by atoms with Crippen LogP contribution in [0.1, 0.15) is 24.2 Å². The molecule has 0 radical (unpaired) electrons. The van der Waals surface area contributed by atoms with E-state index >= 15 is 0 Å². The molecule has 0 bridgehead atoms. The molecule has 0 aromatic heterocycles. The number of hydrogen-bond acceptors (Lipinski definition) is 2. The third-order valence-electron chi connectivity index (χ3n) is 1.62. The molecule has 0 heterocycles. The molecule has 1 aromatic rings. The summed E-state index contributed by atoms with van der Waals surface area (Å²) < 4.78 is 0.920. The van der Waals surface area contributed by atoms with Crippen LogP contribution in [0.25, 0.3) is 0 Å². The lowest BCUT2D eigenvalue weighted by atomic mass is 10.2. The molecule has 0 saturated carbocycles. The van der Waals surface area contributed by atoms with Crippen LogP contribution in [-0.4, -0.2) is 11.9 Å². The van der Waals surface area contributed by atoms with E-state index in [0.717, 1.165) is 4.47 Å². The number of carbonyl (C=O) groups excluding carboxylic acids is 1. The fourth-order valence-corrected chi connectivity index (χ4v) is 1.89. The van der Waals surface area contributed by atoms with Crippen LogP contribution in [-0.2, 0) is 0 Å². The minimum absolute atomic E-state index is 0.0856. The van der Waals surface area contributed by atoms with Gasteiger partial charge in [0.05, 0.1) is 5.56 Å². The van der Waals surface area contributed by atoms with Crippen LogP contribution in [0.15, 0.2) is 27.6 Å². The average Bonchev–Trinajstić information content (AvgIpc) is 2.01. The van der Waals surface area contributed by atoms with Crippen LogP contribution in [0.3, 0.4) is 0 Å². The van der Waals surface area contributed by atoms with Crippen molar-refractivity contribution >= 4 is 34.5 Å². The van der Waals surface area contributed by atoms with E-state index in [2.05, 4.69) is 33.9 Å². The van der Waals surface area contributed by atoms with Crippen molar-refractivity contribution in [3.63, 3.8) is 0 Å². The second-order valence-corrected chi connectivity index (χ2v) is 4.69. The summed E-state index contributed by atoms with van der Waals surface area (Å²) in [6, 6.07) is 5.52. The number of benzene rings is 1. The van der Waals surface area contributed by atoms with E-state index in [4.69, 9.17) is 0 Å². The first-order valence-corrected chi connectivity index (χ1v) is 5.54. The fourth-order valence-electron chi connectivity index (χ4n) is 1.04. The van der Waals surface area contributed by atoms with E-state index in [-0.39, 0.29) is 11.9 Å². The van der Waals surface area contributed by atoms with Crippen molar-refractivity contribution in [2.24, 2.45) is 0 Å². The first-order valence-electron chi connectivity index (χ1n) is 4.30. The molecule has 0 aliphatic heterocycles. The Morgan fingerprint density at radius 3 is 2.64 bits per heavy atom. The van der Waals surface area contributed by atoms with E-state index in [1.165, 1.54) is 0 Å². The molecule has 14 heavy (non-hydrogen) atoms. The topological polar surface area (TPSA) is 29.1 Å². The highest BCUT2D eigenvalue weighted by atomic mass is 79.9. The largest absolute Gasteiger partial charge is 0.350 e. The Balaban J connectivity index is 2.90. The van der Waals surface area contributed by atoms with E-state index in [0.29, 0.717) is 10.5 Å². The molecule has 0 spiro atoms. The summed E-state index contributed by atoms with van der Waals surface area (Å²) >= 11 is 7.55. The summed E-state index contributed by atoms with van der Waals surface area (Å²) in [4.78, 5) is 12.3. The molecule has 0 aliphatic rings. The smallest absolute Gasteiger partial charge is 0.252 e. The van der Waals surface area contributed by atoms with Gasteiger partial charge in [0.25, 0.3) is 5.91 Å². The monoisotopic (exact) mass is 273 g/mol. The number of amides is 1. The summed E-state index contributed by atoms with van der Waals surface area (Å²) in [5.74, 6) is -0.0856. The van der Waals surface area contributed by atoms with E-state index in [1.807, 2.05) is 19.9 Å². The minimum Gasteiger partial charge on any atom is -0.350 e.